The van der Waals surface area contributed by atoms with Crippen molar-refractivity contribution in [1.29, 1.82) is 0 Å². The van der Waals surface area contributed by atoms with E-state index in [2.05, 4.69) is 39.8 Å². The summed E-state index contributed by atoms with van der Waals surface area (Å²) in [6.07, 6.45) is 8.67. The molecular formula is C26H49NO5. The normalized spacial score (nSPS) is 30.8. The summed E-state index contributed by atoms with van der Waals surface area (Å²) in [6, 6.07) is 0.554. The lowest BCUT2D eigenvalue weighted by molar-refractivity contribution is -0.152. The van der Waals surface area contributed by atoms with Gasteiger partial charge in [-0.3, -0.25) is 4.79 Å². The van der Waals surface area contributed by atoms with Gasteiger partial charge in [-0.05, 0) is 65.5 Å². The number of carbonyl (C=O) groups excluding carboxylic acids is 1. The minimum Gasteiger partial charge on any atom is -0.469 e. The second-order valence-corrected chi connectivity index (χ2v) is 10.3. The van der Waals surface area contributed by atoms with Gasteiger partial charge in [-0.1, -0.05) is 34.1 Å². The third-order valence-electron chi connectivity index (χ3n) is 8.02. The lowest BCUT2D eigenvalue weighted by Crippen LogP contribution is -2.41. The fraction of sp³-hybridized carbons (Fsp3) is 0.962. The number of carbonyl (C=O) groups is 1. The zero-order chi connectivity index (χ0) is 23.8. The summed E-state index contributed by atoms with van der Waals surface area (Å²) in [5, 5.41) is 11.3. The molecule has 0 unspecified atom stereocenters. The van der Waals surface area contributed by atoms with Crippen molar-refractivity contribution in [2.45, 2.75) is 122 Å². The maximum atomic E-state index is 12.1. The van der Waals surface area contributed by atoms with E-state index in [0.717, 1.165) is 38.5 Å². The number of methoxy groups -OCH3 is 1. The van der Waals surface area contributed by atoms with E-state index >= 15 is 0 Å². The molecule has 2 heterocycles. The Balaban J connectivity index is 1.93. The van der Waals surface area contributed by atoms with Crippen LogP contribution < -0.4 is 0 Å². The fourth-order valence-electron chi connectivity index (χ4n) is 5.88. The van der Waals surface area contributed by atoms with E-state index in [1.165, 1.54) is 20.0 Å². The Labute approximate surface area is 196 Å². The van der Waals surface area contributed by atoms with E-state index < -0.39 is 6.10 Å². The third-order valence-corrected chi connectivity index (χ3v) is 8.02. The quantitative estimate of drug-likeness (QED) is 0.415. The highest BCUT2D eigenvalue weighted by molar-refractivity contribution is 5.72. The van der Waals surface area contributed by atoms with E-state index in [4.69, 9.17) is 14.2 Å². The average Bonchev–Trinajstić information content (AvgIpc) is 3.44. The Hall–Kier alpha value is -0.690. The molecule has 2 rings (SSSR count). The molecule has 0 aliphatic carbocycles. The zero-order valence-electron chi connectivity index (χ0n) is 21.6. The van der Waals surface area contributed by atoms with Crippen molar-refractivity contribution in [2.24, 2.45) is 17.8 Å². The van der Waals surface area contributed by atoms with Crippen LogP contribution in [0.1, 0.15) is 85.5 Å². The van der Waals surface area contributed by atoms with E-state index in [-0.39, 0.29) is 48.1 Å². The first-order valence-electron chi connectivity index (χ1n) is 13.0. The molecule has 2 aliphatic heterocycles. The minimum atomic E-state index is -0.467. The highest BCUT2D eigenvalue weighted by Gasteiger charge is 2.43. The molecule has 6 nitrogen and oxygen atoms in total. The molecule has 1 N–H and O–H groups in total. The predicted molar refractivity (Wildman–Crippen MR) is 128 cm³/mol. The van der Waals surface area contributed by atoms with E-state index in [0.29, 0.717) is 12.5 Å². The second kappa shape index (κ2) is 13.3. The lowest BCUT2D eigenvalue weighted by Gasteiger charge is -2.34. The van der Waals surface area contributed by atoms with Crippen molar-refractivity contribution in [1.82, 2.24) is 4.90 Å². The van der Waals surface area contributed by atoms with Gasteiger partial charge in [0.1, 0.15) is 0 Å². The lowest BCUT2D eigenvalue weighted by atomic mass is 9.82. The summed E-state index contributed by atoms with van der Waals surface area (Å²) in [5.74, 6) is -0.285. The Morgan fingerprint density at radius 2 is 1.69 bits per heavy atom. The molecule has 0 spiro atoms. The minimum absolute atomic E-state index is 0.0115. The van der Waals surface area contributed by atoms with Gasteiger partial charge in [-0.15, -0.1) is 0 Å². The molecule has 188 valence electrons. The summed E-state index contributed by atoms with van der Waals surface area (Å²) in [4.78, 5) is 14.4. The van der Waals surface area contributed by atoms with E-state index in [9.17, 15) is 9.90 Å². The summed E-state index contributed by atoms with van der Waals surface area (Å²) in [7, 11) is 5.75. The van der Waals surface area contributed by atoms with E-state index in [1.54, 1.807) is 0 Å². The molecule has 0 aromatic heterocycles. The molecule has 0 aromatic rings. The maximum Gasteiger partial charge on any atom is 0.311 e. The molecule has 6 heteroatoms. The van der Waals surface area contributed by atoms with Gasteiger partial charge in [0, 0.05) is 17.9 Å². The highest BCUT2D eigenvalue weighted by Crippen LogP contribution is 2.38. The topological polar surface area (TPSA) is 68.2 Å². The molecule has 2 fully saturated rings. The van der Waals surface area contributed by atoms with Crippen molar-refractivity contribution in [2.75, 3.05) is 21.2 Å². The number of hydrogen-bond donors (Lipinski definition) is 1. The highest BCUT2D eigenvalue weighted by atomic mass is 16.5. The van der Waals surface area contributed by atoms with Crippen LogP contribution in [0.15, 0.2) is 0 Å². The average molecular weight is 456 g/mol. The standard InChI is InChI=1S/C26H49NO5/c1-8-11-18(27(5)6)16-19-12-13-23(31-19)20(9-2)25(28)17(4)22-14-15-24(32-22)21(10-3)26(29)30-7/h17-25,28H,8-16H2,1-7H3/t17-,18-,19+,20-,21-,22+,23-,24-,25-/m1/s1. The summed E-state index contributed by atoms with van der Waals surface area (Å²) in [6.45, 7) is 8.48. The Morgan fingerprint density at radius 3 is 2.25 bits per heavy atom. The first kappa shape index (κ1) is 27.6. The van der Waals surface area contributed by atoms with Crippen molar-refractivity contribution in [3.05, 3.63) is 0 Å². The number of ether oxygens (including phenoxy) is 3. The molecule has 0 saturated carbocycles. The summed E-state index contributed by atoms with van der Waals surface area (Å²) >= 11 is 0. The number of rotatable bonds is 13. The smallest absolute Gasteiger partial charge is 0.311 e. The van der Waals surface area contributed by atoms with Crippen molar-refractivity contribution in [3.63, 3.8) is 0 Å². The van der Waals surface area contributed by atoms with Gasteiger partial charge >= 0.3 is 5.97 Å². The van der Waals surface area contributed by atoms with Crippen molar-refractivity contribution < 1.29 is 24.1 Å². The Kier molecular flexibility index (Phi) is 11.4. The van der Waals surface area contributed by atoms with Gasteiger partial charge in [0.25, 0.3) is 0 Å². The molecular weight excluding hydrogens is 406 g/mol. The number of aliphatic hydroxyl groups is 1. The van der Waals surface area contributed by atoms with Crippen molar-refractivity contribution in [3.8, 4) is 0 Å². The fourth-order valence-corrected chi connectivity index (χ4v) is 5.88. The summed E-state index contributed by atoms with van der Waals surface area (Å²) < 4.78 is 17.8. The van der Waals surface area contributed by atoms with Gasteiger partial charge in [-0.2, -0.15) is 0 Å². The molecule has 32 heavy (non-hydrogen) atoms. The van der Waals surface area contributed by atoms with Gasteiger partial charge in [0.15, 0.2) is 0 Å². The van der Waals surface area contributed by atoms with Gasteiger partial charge in [0.2, 0.25) is 0 Å². The second-order valence-electron chi connectivity index (χ2n) is 10.3. The van der Waals surface area contributed by atoms with Crippen LogP contribution in [0.25, 0.3) is 0 Å². The molecule has 2 saturated heterocycles. The van der Waals surface area contributed by atoms with Crippen LogP contribution in [-0.2, 0) is 19.0 Å². The van der Waals surface area contributed by atoms with Crippen LogP contribution in [0.4, 0.5) is 0 Å². The number of nitrogens with zero attached hydrogens (tertiary/aromatic N) is 1. The molecule has 2 aliphatic rings. The Bertz CT molecular complexity index is 556. The monoisotopic (exact) mass is 455 g/mol. The molecule has 9 atom stereocenters. The van der Waals surface area contributed by atoms with Crippen LogP contribution >= 0.6 is 0 Å². The maximum absolute atomic E-state index is 12.1. The number of esters is 1. The third kappa shape index (κ3) is 6.91. The number of hydrogen-bond acceptors (Lipinski definition) is 6. The van der Waals surface area contributed by atoms with Crippen LogP contribution in [0, 0.1) is 17.8 Å². The Morgan fingerprint density at radius 1 is 1.03 bits per heavy atom. The van der Waals surface area contributed by atoms with Crippen LogP contribution in [-0.4, -0.2) is 73.7 Å². The zero-order valence-corrected chi connectivity index (χ0v) is 21.6. The van der Waals surface area contributed by atoms with Gasteiger partial charge in [0.05, 0.1) is 43.5 Å². The molecule has 0 amide bonds. The molecule has 0 bridgehead atoms. The van der Waals surface area contributed by atoms with Crippen LogP contribution in [0.5, 0.6) is 0 Å². The predicted octanol–water partition coefficient (Wildman–Crippen LogP) is 4.42. The van der Waals surface area contributed by atoms with Crippen LogP contribution in [0.2, 0.25) is 0 Å². The van der Waals surface area contributed by atoms with Gasteiger partial charge in [-0.25, -0.2) is 0 Å². The first-order valence-corrected chi connectivity index (χ1v) is 13.0. The van der Waals surface area contributed by atoms with Crippen molar-refractivity contribution >= 4 is 5.97 Å². The largest absolute Gasteiger partial charge is 0.469 e. The van der Waals surface area contributed by atoms with Crippen LogP contribution in [0.3, 0.4) is 0 Å². The molecule has 0 radical (unpaired) electrons. The van der Waals surface area contributed by atoms with E-state index in [1.807, 2.05) is 6.92 Å². The summed E-state index contributed by atoms with van der Waals surface area (Å²) in [5.41, 5.74) is 0. The molecule has 0 aromatic carbocycles. The first-order chi connectivity index (χ1) is 15.3. The SMILES string of the molecule is CCC[C@H](C[C@@H]1CC[C@H]([C@@H](CC)[C@H](O)[C@H](C)[C@@H]2CC[C@H]([C@@H](CC)C(=O)OC)O2)O1)N(C)C. The van der Waals surface area contributed by atoms with Gasteiger partial charge < -0.3 is 24.2 Å². The number of aliphatic hydroxyl groups excluding tert-OH is 1.